The normalized spacial score (nSPS) is 10.7. The molecule has 1 amide bonds. The number of amides is 1. The second-order valence-electron chi connectivity index (χ2n) is 7.03. The molecular formula is C25H21ClN2OS. The number of halogens is 1. The summed E-state index contributed by atoms with van der Waals surface area (Å²) in [5, 5.41) is 4.23. The Kier molecular flexibility index (Phi) is 6.26. The van der Waals surface area contributed by atoms with Gasteiger partial charge in [-0.1, -0.05) is 72.3 Å². The highest BCUT2D eigenvalue weighted by atomic mass is 35.5. The van der Waals surface area contributed by atoms with Crippen LogP contribution in [0.15, 0.2) is 78.9 Å². The Bertz CT molecular complexity index is 1170. The molecule has 0 aliphatic heterocycles. The maximum absolute atomic E-state index is 13.0. The van der Waals surface area contributed by atoms with Gasteiger partial charge in [-0.25, -0.2) is 4.98 Å². The summed E-state index contributed by atoms with van der Waals surface area (Å²) in [6.07, 6.45) is 1.69. The van der Waals surface area contributed by atoms with Crippen molar-refractivity contribution in [1.29, 1.82) is 0 Å². The molecule has 3 aromatic carbocycles. The number of hydrogen-bond donors (Lipinski definition) is 1. The van der Waals surface area contributed by atoms with Crippen molar-refractivity contribution in [1.82, 2.24) is 4.98 Å². The van der Waals surface area contributed by atoms with E-state index in [9.17, 15) is 4.79 Å². The molecule has 0 bridgehead atoms. The van der Waals surface area contributed by atoms with Gasteiger partial charge in [0.2, 0.25) is 0 Å². The van der Waals surface area contributed by atoms with E-state index in [1.54, 1.807) is 0 Å². The van der Waals surface area contributed by atoms with Crippen molar-refractivity contribution >= 4 is 34.0 Å². The first-order valence-electron chi connectivity index (χ1n) is 9.77. The number of carbonyl (C=O) groups is 1. The first-order valence-corrected chi connectivity index (χ1v) is 11.0. The monoisotopic (exact) mass is 432 g/mol. The van der Waals surface area contributed by atoms with E-state index >= 15 is 0 Å². The molecule has 0 saturated carbocycles. The van der Waals surface area contributed by atoms with Crippen molar-refractivity contribution in [2.45, 2.75) is 19.8 Å². The molecule has 5 heteroatoms. The Morgan fingerprint density at radius 3 is 2.53 bits per heavy atom. The molecule has 1 heterocycles. The summed E-state index contributed by atoms with van der Waals surface area (Å²) in [5.74, 6) is -0.134. The quantitative estimate of drug-likeness (QED) is 0.363. The van der Waals surface area contributed by atoms with Crippen molar-refractivity contribution in [2.24, 2.45) is 0 Å². The van der Waals surface area contributed by atoms with E-state index < -0.39 is 0 Å². The minimum absolute atomic E-state index is 0.134. The van der Waals surface area contributed by atoms with Crippen LogP contribution in [0.1, 0.15) is 26.4 Å². The van der Waals surface area contributed by atoms with Gasteiger partial charge in [-0.3, -0.25) is 10.1 Å². The standard InChI is InChI=1S/C25H21ClN2OS/c1-17-23(20-11-7-12-21(26)16-20)27-25(30-17)28-24(29)22-13-6-5-10-19(22)15-14-18-8-3-2-4-9-18/h2-13,16H,14-15H2,1H3,(H,27,28,29). The summed E-state index contributed by atoms with van der Waals surface area (Å²) >= 11 is 7.58. The van der Waals surface area contributed by atoms with Crippen molar-refractivity contribution in [2.75, 3.05) is 5.32 Å². The molecule has 1 N–H and O–H groups in total. The predicted molar refractivity (Wildman–Crippen MR) is 126 cm³/mol. The molecule has 4 rings (SSSR count). The van der Waals surface area contributed by atoms with Gasteiger partial charge in [-0.2, -0.15) is 0 Å². The maximum Gasteiger partial charge on any atom is 0.257 e. The molecule has 150 valence electrons. The van der Waals surface area contributed by atoms with Crippen molar-refractivity contribution < 1.29 is 4.79 Å². The smallest absolute Gasteiger partial charge is 0.257 e. The SMILES string of the molecule is Cc1sc(NC(=O)c2ccccc2CCc2ccccc2)nc1-c1cccc(Cl)c1. The highest BCUT2D eigenvalue weighted by Gasteiger charge is 2.15. The molecule has 0 spiro atoms. The zero-order valence-corrected chi connectivity index (χ0v) is 18.1. The predicted octanol–water partition coefficient (Wildman–Crippen LogP) is 6.81. The van der Waals surface area contributed by atoms with Gasteiger partial charge < -0.3 is 0 Å². The molecule has 0 aliphatic rings. The van der Waals surface area contributed by atoms with Crippen LogP contribution in [0.3, 0.4) is 0 Å². The zero-order valence-electron chi connectivity index (χ0n) is 16.6. The van der Waals surface area contributed by atoms with Crippen LogP contribution in [0.2, 0.25) is 5.02 Å². The molecular weight excluding hydrogens is 412 g/mol. The summed E-state index contributed by atoms with van der Waals surface area (Å²) < 4.78 is 0. The second kappa shape index (κ2) is 9.24. The lowest BCUT2D eigenvalue weighted by Crippen LogP contribution is -2.14. The van der Waals surface area contributed by atoms with Gasteiger partial charge in [0.1, 0.15) is 0 Å². The molecule has 0 radical (unpaired) electrons. The van der Waals surface area contributed by atoms with Crippen LogP contribution >= 0.6 is 22.9 Å². The summed E-state index contributed by atoms with van der Waals surface area (Å²) in [5.41, 5.74) is 4.76. The van der Waals surface area contributed by atoms with Crippen molar-refractivity contribution in [3.63, 3.8) is 0 Å². The Labute approximate surface area is 185 Å². The minimum atomic E-state index is -0.134. The maximum atomic E-state index is 13.0. The Morgan fingerprint density at radius 2 is 1.73 bits per heavy atom. The van der Waals surface area contributed by atoms with Crippen LogP contribution < -0.4 is 5.32 Å². The first kappa shape index (κ1) is 20.3. The number of nitrogens with one attached hydrogen (secondary N) is 1. The topological polar surface area (TPSA) is 42.0 Å². The molecule has 0 unspecified atom stereocenters. The highest BCUT2D eigenvalue weighted by molar-refractivity contribution is 7.16. The van der Waals surface area contributed by atoms with Crippen LogP contribution in [0, 0.1) is 6.92 Å². The van der Waals surface area contributed by atoms with E-state index in [2.05, 4.69) is 22.4 Å². The summed E-state index contributed by atoms with van der Waals surface area (Å²) in [7, 11) is 0. The molecule has 3 nitrogen and oxygen atoms in total. The molecule has 30 heavy (non-hydrogen) atoms. The number of benzene rings is 3. The van der Waals surface area contributed by atoms with Crippen LogP contribution in [-0.4, -0.2) is 10.9 Å². The van der Waals surface area contributed by atoms with Crippen LogP contribution in [0.4, 0.5) is 5.13 Å². The fourth-order valence-electron chi connectivity index (χ4n) is 3.40. The Hall–Kier alpha value is -2.95. The van der Waals surface area contributed by atoms with Gasteiger partial charge in [0.15, 0.2) is 5.13 Å². The number of aryl methyl sites for hydroxylation is 3. The van der Waals surface area contributed by atoms with E-state index in [-0.39, 0.29) is 5.91 Å². The van der Waals surface area contributed by atoms with Crippen LogP contribution in [0.25, 0.3) is 11.3 Å². The number of thiazole rings is 1. The first-order chi connectivity index (χ1) is 14.6. The molecule has 0 atom stereocenters. The van der Waals surface area contributed by atoms with E-state index in [0.717, 1.165) is 34.5 Å². The number of anilines is 1. The third-order valence-electron chi connectivity index (χ3n) is 4.90. The average molecular weight is 433 g/mol. The minimum Gasteiger partial charge on any atom is -0.298 e. The van der Waals surface area contributed by atoms with Gasteiger partial charge in [-0.05, 0) is 49.1 Å². The van der Waals surface area contributed by atoms with Gasteiger partial charge in [-0.15, -0.1) is 11.3 Å². The van der Waals surface area contributed by atoms with E-state index in [4.69, 9.17) is 11.6 Å². The largest absolute Gasteiger partial charge is 0.298 e. The lowest BCUT2D eigenvalue weighted by Gasteiger charge is -2.09. The average Bonchev–Trinajstić information content (AvgIpc) is 3.13. The molecule has 0 fully saturated rings. The second-order valence-corrected chi connectivity index (χ2v) is 8.67. The number of aromatic nitrogens is 1. The number of nitrogens with zero attached hydrogens (tertiary/aromatic N) is 1. The van der Waals surface area contributed by atoms with Crippen LogP contribution in [0.5, 0.6) is 0 Å². The van der Waals surface area contributed by atoms with Gasteiger partial charge in [0, 0.05) is 21.0 Å². The summed E-state index contributed by atoms with van der Waals surface area (Å²) in [6, 6.07) is 25.7. The summed E-state index contributed by atoms with van der Waals surface area (Å²) in [4.78, 5) is 18.7. The Balaban J connectivity index is 1.51. The third kappa shape index (κ3) is 4.78. The van der Waals surface area contributed by atoms with Gasteiger partial charge in [0.05, 0.1) is 5.69 Å². The zero-order chi connectivity index (χ0) is 20.9. The lowest BCUT2D eigenvalue weighted by molar-refractivity contribution is 0.102. The van der Waals surface area contributed by atoms with E-state index in [1.165, 1.54) is 16.9 Å². The number of rotatable bonds is 6. The molecule has 1 aromatic heterocycles. The number of hydrogen-bond acceptors (Lipinski definition) is 3. The number of carbonyl (C=O) groups excluding carboxylic acids is 1. The third-order valence-corrected chi connectivity index (χ3v) is 6.02. The van der Waals surface area contributed by atoms with Crippen LogP contribution in [-0.2, 0) is 12.8 Å². The van der Waals surface area contributed by atoms with E-state index in [1.807, 2.05) is 73.7 Å². The van der Waals surface area contributed by atoms with Gasteiger partial charge in [0.25, 0.3) is 5.91 Å². The summed E-state index contributed by atoms with van der Waals surface area (Å²) in [6.45, 7) is 2.00. The van der Waals surface area contributed by atoms with E-state index in [0.29, 0.717) is 15.7 Å². The molecule has 4 aromatic rings. The van der Waals surface area contributed by atoms with Gasteiger partial charge >= 0.3 is 0 Å². The lowest BCUT2D eigenvalue weighted by atomic mass is 9.99. The van der Waals surface area contributed by atoms with Crippen molar-refractivity contribution in [3.05, 3.63) is 105 Å². The Morgan fingerprint density at radius 1 is 0.967 bits per heavy atom. The fourth-order valence-corrected chi connectivity index (χ4v) is 4.42. The fraction of sp³-hybridized carbons (Fsp3) is 0.120. The highest BCUT2D eigenvalue weighted by Crippen LogP contribution is 2.32. The van der Waals surface area contributed by atoms with Crippen molar-refractivity contribution in [3.8, 4) is 11.3 Å². The molecule has 0 aliphatic carbocycles. The molecule has 0 saturated heterocycles.